The maximum Gasteiger partial charge on any atom is 0.159 e. The molecule has 0 aromatic heterocycles. The average Bonchev–Trinajstić information content (AvgIpc) is 2.20. The van der Waals surface area contributed by atoms with Crippen LogP contribution in [-0.2, 0) is 6.42 Å². The van der Waals surface area contributed by atoms with Crippen LogP contribution in [0.5, 0.6) is 0 Å². The van der Waals surface area contributed by atoms with Crippen LogP contribution in [0.1, 0.15) is 25.8 Å². The highest BCUT2D eigenvalue weighted by atomic mass is 19.2. The van der Waals surface area contributed by atoms with Crippen LogP contribution >= 0.6 is 0 Å². The van der Waals surface area contributed by atoms with E-state index in [1.165, 1.54) is 12.1 Å². The SMILES string of the molecule is CNCC(C)(C)CCc1ccc(F)c(F)c1. The molecule has 0 atom stereocenters. The first-order chi connectivity index (χ1) is 7.44. The highest BCUT2D eigenvalue weighted by Crippen LogP contribution is 2.22. The normalized spacial score (nSPS) is 11.8. The molecular formula is C13H19F2N. The van der Waals surface area contributed by atoms with Crippen molar-refractivity contribution in [2.75, 3.05) is 13.6 Å². The Bertz CT molecular complexity index is 348. The fourth-order valence-corrected chi connectivity index (χ4v) is 1.74. The van der Waals surface area contributed by atoms with Crippen LogP contribution in [0.4, 0.5) is 8.78 Å². The molecule has 1 aromatic carbocycles. The van der Waals surface area contributed by atoms with E-state index in [0.29, 0.717) is 0 Å². The second kappa shape index (κ2) is 5.39. The average molecular weight is 227 g/mol. The molecule has 0 aliphatic heterocycles. The predicted molar refractivity (Wildman–Crippen MR) is 62.4 cm³/mol. The Kier molecular flexibility index (Phi) is 4.42. The standard InChI is InChI=1S/C13H19F2N/c1-13(2,9-16-3)7-6-10-4-5-11(14)12(15)8-10/h4-5,8,16H,6-7,9H2,1-3H3. The van der Waals surface area contributed by atoms with Crippen molar-refractivity contribution in [1.82, 2.24) is 5.32 Å². The molecule has 0 heterocycles. The minimum Gasteiger partial charge on any atom is -0.319 e. The van der Waals surface area contributed by atoms with Gasteiger partial charge in [0, 0.05) is 0 Å². The van der Waals surface area contributed by atoms with Gasteiger partial charge in [-0.1, -0.05) is 19.9 Å². The highest BCUT2D eigenvalue weighted by molar-refractivity contribution is 5.18. The van der Waals surface area contributed by atoms with E-state index in [1.54, 1.807) is 6.07 Å². The van der Waals surface area contributed by atoms with Crippen LogP contribution in [0, 0.1) is 17.0 Å². The van der Waals surface area contributed by atoms with Gasteiger partial charge < -0.3 is 5.32 Å². The minimum absolute atomic E-state index is 0.166. The van der Waals surface area contributed by atoms with E-state index in [2.05, 4.69) is 19.2 Å². The number of aryl methyl sites for hydroxylation is 1. The van der Waals surface area contributed by atoms with Crippen LogP contribution in [0.25, 0.3) is 0 Å². The Morgan fingerprint density at radius 1 is 1.19 bits per heavy atom. The molecule has 0 saturated carbocycles. The smallest absolute Gasteiger partial charge is 0.159 e. The van der Waals surface area contributed by atoms with Gasteiger partial charge in [0.05, 0.1) is 0 Å². The molecule has 0 unspecified atom stereocenters. The van der Waals surface area contributed by atoms with E-state index in [-0.39, 0.29) is 5.41 Å². The summed E-state index contributed by atoms with van der Waals surface area (Å²) in [6, 6.07) is 4.12. The topological polar surface area (TPSA) is 12.0 Å². The quantitative estimate of drug-likeness (QED) is 0.814. The van der Waals surface area contributed by atoms with Crippen LogP contribution in [0.3, 0.4) is 0 Å². The van der Waals surface area contributed by atoms with Crippen LogP contribution in [0.2, 0.25) is 0 Å². The minimum atomic E-state index is -0.779. The van der Waals surface area contributed by atoms with Crippen LogP contribution < -0.4 is 5.32 Å². The highest BCUT2D eigenvalue weighted by Gasteiger charge is 2.16. The fraction of sp³-hybridized carbons (Fsp3) is 0.538. The fourth-order valence-electron chi connectivity index (χ4n) is 1.74. The summed E-state index contributed by atoms with van der Waals surface area (Å²) < 4.78 is 25.7. The monoisotopic (exact) mass is 227 g/mol. The van der Waals surface area contributed by atoms with Crippen molar-refractivity contribution in [3.63, 3.8) is 0 Å². The van der Waals surface area contributed by atoms with E-state index in [4.69, 9.17) is 0 Å². The summed E-state index contributed by atoms with van der Waals surface area (Å²) in [5.41, 5.74) is 1.02. The van der Waals surface area contributed by atoms with Crippen LogP contribution in [0.15, 0.2) is 18.2 Å². The number of nitrogens with one attached hydrogen (secondary N) is 1. The van der Waals surface area contributed by atoms with Crippen molar-refractivity contribution in [2.45, 2.75) is 26.7 Å². The van der Waals surface area contributed by atoms with Gasteiger partial charge in [0.25, 0.3) is 0 Å². The summed E-state index contributed by atoms with van der Waals surface area (Å²) in [7, 11) is 1.92. The van der Waals surface area contributed by atoms with Gasteiger partial charge in [0.2, 0.25) is 0 Å². The summed E-state index contributed by atoms with van der Waals surface area (Å²) in [5, 5.41) is 3.13. The lowest BCUT2D eigenvalue weighted by Crippen LogP contribution is -2.27. The van der Waals surface area contributed by atoms with E-state index in [0.717, 1.165) is 24.9 Å². The molecule has 1 aromatic rings. The molecule has 0 bridgehead atoms. The Balaban J connectivity index is 2.57. The number of halogens is 2. The summed E-state index contributed by atoms with van der Waals surface area (Å²) in [5.74, 6) is -1.54. The third-order valence-corrected chi connectivity index (χ3v) is 2.73. The molecule has 0 saturated heterocycles. The molecule has 0 amide bonds. The molecule has 3 heteroatoms. The maximum absolute atomic E-state index is 13.0. The molecule has 0 aliphatic rings. The van der Waals surface area contributed by atoms with Crippen LogP contribution in [-0.4, -0.2) is 13.6 Å². The van der Waals surface area contributed by atoms with Gasteiger partial charge in [-0.3, -0.25) is 0 Å². The lowest BCUT2D eigenvalue weighted by atomic mass is 9.86. The number of benzene rings is 1. The van der Waals surface area contributed by atoms with Gasteiger partial charge in [0.1, 0.15) is 0 Å². The van der Waals surface area contributed by atoms with Crippen molar-refractivity contribution in [3.05, 3.63) is 35.4 Å². The van der Waals surface area contributed by atoms with Gasteiger partial charge >= 0.3 is 0 Å². The maximum atomic E-state index is 13.0. The lowest BCUT2D eigenvalue weighted by molar-refractivity contribution is 0.324. The Morgan fingerprint density at radius 2 is 1.88 bits per heavy atom. The van der Waals surface area contributed by atoms with Gasteiger partial charge in [-0.2, -0.15) is 0 Å². The lowest BCUT2D eigenvalue weighted by Gasteiger charge is -2.24. The molecule has 1 rings (SSSR count). The van der Waals surface area contributed by atoms with E-state index in [1.807, 2.05) is 7.05 Å². The van der Waals surface area contributed by atoms with Crippen molar-refractivity contribution in [1.29, 1.82) is 0 Å². The van der Waals surface area contributed by atoms with Crippen molar-refractivity contribution in [2.24, 2.45) is 5.41 Å². The first-order valence-electron chi connectivity index (χ1n) is 5.53. The summed E-state index contributed by atoms with van der Waals surface area (Å²) in [6.45, 7) is 5.23. The zero-order valence-corrected chi connectivity index (χ0v) is 10.1. The van der Waals surface area contributed by atoms with Gasteiger partial charge in [-0.05, 0) is 49.5 Å². The van der Waals surface area contributed by atoms with E-state index >= 15 is 0 Å². The van der Waals surface area contributed by atoms with E-state index in [9.17, 15) is 8.78 Å². The predicted octanol–water partition coefficient (Wildman–Crippen LogP) is 3.14. The number of rotatable bonds is 5. The number of hydrogen-bond donors (Lipinski definition) is 1. The second-order valence-electron chi connectivity index (χ2n) is 4.94. The molecule has 0 aliphatic carbocycles. The molecule has 16 heavy (non-hydrogen) atoms. The first-order valence-corrected chi connectivity index (χ1v) is 5.53. The molecule has 0 spiro atoms. The summed E-state index contributed by atoms with van der Waals surface area (Å²) in [4.78, 5) is 0. The molecule has 1 N–H and O–H groups in total. The third-order valence-electron chi connectivity index (χ3n) is 2.73. The van der Waals surface area contributed by atoms with Crippen molar-refractivity contribution in [3.8, 4) is 0 Å². The molecule has 90 valence electrons. The Labute approximate surface area is 95.9 Å². The third kappa shape index (κ3) is 3.89. The zero-order chi connectivity index (χ0) is 12.2. The zero-order valence-electron chi connectivity index (χ0n) is 10.1. The van der Waals surface area contributed by atoms with E-state index < -0.39 is 11.6 Å². The van der Waals surface area contributed by atoms with Gasteiger partial charge in [0.15, 0.2) is 11.6 Å². The molecule has 1 nitrogen and oxygen atoms in total. The summed E-state index contributed by atoms with van der Waals surface area (Å²) in [6.07, 6.45) is 1.71. The van der Waals surface area contributed by atoms with Gasteiger partial charge in [-0.25, -0.2) is 8.78 Å². The van der Waals surface area contributed by atoms with Crippen molar-refractivity contribution < 1.29 is 8.78 Å². The first kappa shape index (κ1) is 13.1. The Morgan fingerprint density at radius 3 is 2.44 bits per heavy atom. The Hall–Kier alpha value is -0.960. The van der Waals surface area contributed by atoms with Crippen molar-refractivity contribution >= 4 is 0 Å². The molecule has 0 fully saturated rings. The largest absolute Gasteiger partial charge is 0.319 e. The number of hydrogen-bond acceptors (Lipinski definition) is 1. The molecule has 0 radical (unpaired) electrons. The van der Waals surface area contributed by atoms with Gasteiger partial charge in [-0.15, -0.1) is 0 Å². The molecular weight excluding hydrogens is 208 g/mol. The summed E-state index contributed by atoms with van der Waals surface area (Å²) >= 11 is 0. The second-order valence-corrected chi connectivity index (χ2v) is 4.94.